The van der Waals surface area contributed by atoms with E-state index in [4.69, 9.17) is 5.84 Å². The van der Waals surface area contributed by atoms with E-state index in [1.807, 2.05) is 13.0 Å². The van der Waals surface area contributed by atoms with Crippen molar-refractivity contribution in [3.8, 4) is 0 Å². The van der Waals surface area contributed by atoms with Gasteiger partial charge in [-0.1, -0.05) is 0 Å². The van der Waals surface area contributed by atoms with Crippen LogP contribution >= 0.6 is 0 Å². The molecule has 3 N–H and O–H groups in total. The first kappa shape index (κ1) is 14.0. The van der Waals surface area contributed by atoms with Gasteiger partial charge in [-0.15, -0.1) is 0 Å². The van der Waals surface area contributed by atoms with Gasteiger partial charge in [0.15, 0.2) is 0 Å². The topological polar surface area (TPSA) is 70.3 Å². The molecule has 0 aromatic carbocycles. The Labute approximate surface area is 115 Å². The second-order valence-corrected chi connectivity index (χ2v) is 5.63. The van der Waals surface area contributed by atoms with Crippen LogP contribution in [0.1, 0.15) is 25.1 Å². The maximum Gasteiger partial charge on any atom is 0.145 e. The summed E-state index contributed by atoms with van der Waals surface area (Å²) in [5, 5.41) is 0. The first-order valence-corrected chi connectivity index (χ1v) is 6.68. The quantitative estimate of drug-likeness (QED) is 0.610. The summed E-state index contributed by atoms with van der Waals surface area (Å²) in [4.78, 5) is 13.2. The van der Waals surface area contributed by atoms with Crippen molar-refractivity contribution in [1.82, 2.24) is 14.9 Å². The molecule has 1 aromatic rings. The number of nitrogens with zero attached hydrogens (tertiary/aromatic N) is 4. The number of nitrogen functional groups attached to an aromatic ring is 1. The molecule has 0 saturated heterocycles. The van der Waals surface area contributed by atoms with Crippen molar-refractivity contribution in [2.24, 2.45) is 5.84 Å². The van der Waals surface area contributed by atoms with Gasteiger partial charge in [0.25, 0.3) is 0 Å². The van der Waals surface area contributed by atoms with Gasteiger partial charge >= 0.3 is 0 Å². The van der Waals surface area contributed by atoms with E-state index in [1.165, 1.54) is 19.3 Å². The number of hydrogen-bond donors (Lipinski definition) is 2. The van der Waals surface area contributed by atoms with E-state index >= 15 is 0 Å². The summed E-state index contributed by atoms with van der Waals surface area (Å²) in [5.41, 5.74) is 2.87. The van der Waals surface area contributed by atoms with E-state index in [9.17, 15) is 0 Å². The fourth-order valence-electron chi connectivity index (χ4n) is 2.68. The molecule has 0 unspecified atom stereocenters. The van der Waals surface area contributed by atoms with Crippen molar-refractivity contribution in [3.63, 3.8) is 0 Å². The standard InChI is InChI=1S/C13H24N6/c1-10-15-11(17-14)8-12(16-10)19(4)9-13(18(2)3)6-5-7-13/h8H,5-7,9,14H2,1-4H3,(H,15,16,17). The lowest BCUT2D eigenvalue weighted by Crippen LogP contribution is -2.56. The molecule has 0 spiro atoms. The van der Waals surface area contributed by atoms with Crippen LogP contribution in [0.25, 0.3) is 0 Å². The van der Waals surface area contributed by atoms with E-state index in [-0.39, 0.29) is 5.54 Å². The Morgan fingerprint density at radius 3 is 2.47 bits per heavy atom. The fourth-order valence-corrected chi connectivity index (χ4v) is 2.68. The van der Waals surface area contributed by atoms with Gasteiger partial charge in [-0.3, -0.25) is 0 Å². The number of aromatic nitrogens is 2. The molecule has 0 amide bonds. The van der Waals surface area contributed by atoms with Crippen LogP contribution in [0.5, 0.6) is 0 Å². The van der Waals surface area contributed by atoms with Crippen molar-refractivity contribution < 1.29 is 0 Å². The molecule has 0 atom stereocenters. The minimum atomic E-state index is 0.282. The lowest BCUT2D eigenvalue weighted by molar-refractivity contribution is 0.0682. The van der Waals surface area contributed by atoms with Crippen molar-refractivity contribution >= 4 is 11.6 Å². The van der Waals surface area contributed by atoms with Gasteiger partial charge in [0.1, 0.15) is 17.5 Å². The van der Waals surface area contributed by atoms with E-state index in [1.54, 1.807) is 0 Å². The molecule has 1 saturated carbocycles. The third kappa shape index (κ3) is 2.79. The number of nitrogens with two attached hydrogens (primary N) is 1. The molecule has 1 aliphatic rings. The first-order chi connectivity index (χ1) is 8.97. The van der Waals surface area contributed by atoms with Crippen LogP contribution in [-0.4, -0.2) is 48.1 Å². The summed E-state index contributed by atoms with van der Waals surface area (Å²) in [6.45, 7) is 2.85. The predicted octanol–water partition coefficient (Wildman–Crippen LogP) is 0.991. The second kappa shape index (κ2) is 5.30. The second-order valence-electron chi connectivity index (χ2n) is 5.63. The van der Waals surface area contributed by atoms with Gasteiger partial charge in [0.2, 0.25) is 0 Å². The largest absolute Gasteiger partial charge is 0.358 e. The summed E-state index contributed by atoms with van der Waals surface area (Å²) in [5.74, 6) is 7.73. The Morgan fingerprint density at radius 1 is 1.32 bits per heavy atom. The summed E-state index contributed by atoms with van der Waals surface area (Å²) >= 11 is 0. The molecule has 0 radical (unpaired) electrons. The summed E-state index contributed by atoms with van der Waals surface area (Å²) in [7, 11) is 6.39. The van der Waals surface area contributed by atoms with Crippen molar-refractivity contribution in [2.45, 2.75) is 31.7 Å². The Kier molecular flexibility index (Phi) is 3.91. The molecule has 1 aliphatic carbocycles. The average Bonchev–Trinajstić information content (AvgIpc) is 2.32. The predicted molar refractivity (Wildman–Crippen MR) is 78.1 cm³/mol. The normalized spacial score (nSPS) is 17.2. The van der Waals surface area contributed by atoms with E-state index in [2.05, 4.69) is 46.3 Å². The SMILES string of the molecule is Cc1nc(NN)cc(N(C)CC2(N(C)C)CCC2)n1. The highest BCUT2D eigenvalue weighted by Crippen LogP contribution is 2.37. The van der Waals surface area contributed by atoms with Gasteiger partial charge < -0.3 is 15.2 Å². The molecule has 6 heteroatoms. The van der Waals surface area contributed by atoms with Crippen molar-refractivity contribution in [3.05, 3.63) is 11.9 Å². The molecular weight excluding hydrogens is 240 g/mol. The zero-order valence-electron chi connectivity index (χ0n) is 12.3. The summed E-state index contributed by atoms with van der Waals surface area (Å²) in [6.07, 6.45) is 3.80. The Balaban J connectivity index is 2.15. The molecular formula is C13H24N6. The molecule has 0 bridgehead atoms. The number of nitrogens with one attached hydrogen (secondary N) is 1. The number of rotatable bonds is 5. The van der Waals surface area contributed by atoms with Gasteiger partial charge in [-0.2, -0.15) is 0 Å². The number of hydrogen-bond acceptors (Lipinski definition) is 6. The molecule has 2 rings (SSSR count). The molecule has 19 heavy (non-hydrogen) atoms. The zero-order valence-corrected chi connectivity index (χ0v) is 12.3. The minimum Gasteiger partial charge on any atom is -0.358 e. The number of anilines is 2. The Hall–Kier alpha value is -1.40. The highest BCUT2D eigenvalue weighted by Gasteiger charge is 2.40. The van der Waals surface area contributed by atoms with Gasteiger partial charge in [-0.05, 0) is 40.3 Å². The summed E-state index contributed by atoms with van der Waals surface area (Å²) in [6, 6.07) is 1.88. The first-order valence-electron chi connectivity index (χ1n) is 6.68. The van der Waals surface area contributed by atoms with Crippen molar-refractivity contribution in [2.75, 3.05) is 38.0 Å². The maximum absolute atomic E-state index is 5.43. The number of hydrazine groups is 1. The smallest absolute Gasteiger partial charge is 0.145 e. The molecule has 1 aromatic heterocycles. The lowest BCUT2D eigenvalue weighted by atomic mass is 9.75. The van der Waals surface area contributed by atoms with E-state index in [0.717, 1.165) is 18.2 Å². The number of aryl methyl sites for hydroxylation is 1. The molecule has 0 aliphatic heterocycles. The van der Waals surface area contributed by atoms with Crippen LogP contribution in [0.3, 0.4) is 0 Å². The van der Waals surface area contributed by atoms with Crippen LogP contribution < -0.4 is 16.2 Å². The molecule has 6 nitrogen and oxygen atoms in total. The van der Waals surface area contributed by atoms with Crippen LogP contribution in [0.15, 0.2) is 6.07 Å². The van der Waals surface area contributed by atoms with Crippen LogP contribution in [-0.2, 0) is 0 Å². The van der Waals surface area contributed by atoms with Crippen LogP contribution in [0.4, 0.5) is 11.6 Å². The number of likely N-dealkylation sites (N-methyl/N-ethyl adjacent to an activating group) is 2. The lowest BCUT2D eigenvalue weighted by Gasteiger charge is -2.49. The zero-order chi connectivity index (χ0) is 14.0. The molecule has 106 valence electrons. The van der Waals surface area contributed by atoms with E-state index in [0.29, 0.717) is 5.82 Å². The Morgan fingerprint density at radius 2 is 2.00 bits per heavy atom. The third-order valence-electron chi connectivity index (χ3n) is 4.13. The van der Waals surface area contributed by atoms with Gasteiger partial charge in [0.05, 0.1) is 0 Å². The fraction of sp³-hybridized carbons (Fsp3) is 0.692. The minimum absolute atomic E-state index is 0.282. The van der Waals surface area contributed by atoms with Crippen LogP contribution in [0, 0.1) is 6.92 Å². The maximum atomic E-state index is 5.43. The summed E-state index contributed by atoms with van der Waals surface area (Å²) < 4.78 is 0. The molecule has 1 heterocycles. The van der Waals surface area contributed by atoms with Gasteiger partial charge in [0, 0.05) is 25.2 Å². The Bertz CT molecular complexity index is 441. The third-order valence-corrected chi connectivity index (χ3v) is 4.13. The van der Waals surface area contributed by atoms with E-state index < -0.39 is 0 Å². The monoisotopic (exact) mass is 264 g/mol. The van der Waals surface area contributed by atoms with Crippen molar-refractivity contribution in [1.29, 1.82) is 0 Å². The average molecular weight is 264 g/mol. The highest BCUT2D eigenvalue weighted by atomic mass is 15.3. The highest BCUT2D eigenvalue weighted by molar-refractivity contribution is 5.48. The van der Waals surface area contributed by atoms with Gasteiger partial charge in [-0.25, -0.2) is 15.8 Å². The van der Waals surface area contributed by atoms with Crippen LogP contribution in [0.2, 0.25) is 0 Å². The molecule has 1 fully saturated rings.